The first-order valence-corrected chi connectivity index (χ1v) is 14.6. The van der Waals surface area contributed by atoms with Crippen molar-refractivity contribution in [3.63, 3.8) is 0 Å². The van der Waals surface area contributed by atoms with Gasteiger partial charge >= 0.3 is 23.4 Å². The number of carbonyl (C=O) groups is 1. The smallest absolute Gasteiger partial charge is 0.377 e. The van der Waals surface area contributed by atoms with Crippen LogP contribution in [0.2, 0.25) is 0 Å². The standard InChI is InChI=1S/C35H30N4O9/c40-31(32(41,42)34(45,47-27-17-9-3-10-18-27)38-29(21-23-36-38)25-13-5-1-6-14-25)33(43,44)35(46,48-28-19-11-4-12-20-28)39-30(22-24-37-39)26-15-7-2-8-16-26/h1-24,41-46H. The van der Waals surface area contributed by atoms with E-state index in [1.165, 1.54) is 73.1 Å². The molecular formula is C35H30N4O9. The van der Waals surface area contributed by atoms with Gasteiger partial charge < -0.3 is 40.1 Å². The topological polar surface area (TPSA) is 193 Å². The molecule has 2 heterocycles. The predicted molar refractivity (Wildman–Crippen MR) is 169 cm³/mol. The van der Waals surface area contributed by atoms with Gasteiger partial charge in [0.05, 0.1) is 11.4 Å². The molecule has 0 radical (unpaired) electrons. The summed E-state index contributed by atoms with van der Waals surface area (Å²) >= 11 is 0. The van der Waals surface area contributed by atoms with Crippen molar-refractivity contribution >= 4 is 5.78 Å². The van der Waals surface area contributed by atoms with Crippen LogP contribution in [0.1, 0.15) is 0 Å². The van der Waals surface area contributed by atoms with Crippen LogP contribution in [0.15, 0.2) is 146 Å². The van der Waals surface area contributed by atoms with Gasteiger partial charge in [-0.3, -0.25) is 4.79 Å². The third-order valence-corrected chi connectivity index (χ3v) is 7.55. The molecule has 13 nitrogen and oxygen atoms in total. The van der Waals surface area contributed by atoms with Gasteiger partial charge in [-0.2, -0.15) is 19.6 Å². The Bertz CT molecular complexity index is 1840. The van der Waals surface area contributed by atoms with Crippen LogP contribution in [-0.4, -0.2) is 67.6 Å². The number of hydrogen-bond donors (Lipinski definition) is 6. The van der Waals surface area contributed by atoms with Crippen LogP contribution in [0.25, 0.3) is 22.5 Å². The van der Waals surface area contributed by atoms with Gasteiger partial charge in [-0.05, 0) is 36.4 Å². The minimum atomic E-state index is -4.30. The van der Waals surface area contributed by atoms with Crippen LogP contribution >= 0.6 is 0 Å². The molecule has 6 N–H and O–H groups in total. The zero-order chi connectivity index (χ0) is 34.0. The van der Waals surface area contributed by atoms with Crippen LogP contribution < -0.4 is 9.47 Å². The minimum absolute atomic E-state index is 0.0324. The molecule has 0 fully saturated rings. The van der Waals surface area contributed by atoms with E-state index in [4.69, 9.17) is 9.47 Å². The van der Waals surface area contributed by atoms with Crippen molar-refractivity contribution in [2.24, 2.45) is 0 Å². The number of Topliss-reactive ketones (excluding diaryl/α,β-unsaturated/α-hetero) is 1. The molecule has 6 aromatic rings. The Morgan fingerprint density at radius 3 is 1.12 bits per heavy atom. The maximum absolute atomic E-state index is 14.3. The molecule has 0 bridgehead atoms. The first-order chi connectivity index (χ1) is 23.0. The molecule has 2 unspecified atom stereocenters. The lowest BCUT2D eigenvalue weighted by molar-refractivity contribution is -0.407. The number of carbonyl (C=O) groups excluding carboxylic acids is 1. The summed E-state index contributed by atoms with van der Waals surface area (Å²) < 4.78 is 12.5. The number of aromatic nitrogens is 4. The van der Waals surface area contributed by atoms with E-state index in [0.717, 1.165) is 0 Å². The summed E-state index contributed by atoms with van der Waals surface area (Å²) in [6, 6.07) is 34.0. The van der Waals surface area contributed by atoms with E-state index in [0.29, 0.717) is 20.5 Å². The Kier molecular flexibility index (Phi) is 8.41. The second-order valence-electron chi connectivity index (χ2n) is 10.7. The molecule has 0 amide bonds. The number of benzene rings is 4. The number of nitrogens with zero attached hydrogens (tertiary/aromatic N) is 4. The summed E-state index contributed by atoms with van der Waals surface area (Å²) in [5, 5.41) is 79.2. The third-order valence-electron chi connectivity index (χ3n) is 7.55. The second-order valence-corrected chi connectivity index (χ2v) is 10.7. The maximum atomic E-state index is 14.3. The highest BCUT2D eigenvalue weighted by atomic mass is 16.7. The summed E-state index contributed by atoms with van der Waals surface area (Å²) in [6.07, 6.45) is 2.39. The molecular weight excluding hydrogens is 620 g/mol. The molecule has 13 heteroatoms. The van der Waals surface area contributed by atoms with Crippen LogP contribution in [0.5, 0.6) is 11.5 Å². The molecule has 2 atom stereocenters. The summed E-state index contributed by atoms with van der Waals surface area (Å²) in [6.45, 7) is 0. The zero-order valence-corrected chi connectivity index (χ0v) is 25.1. The van der Waals surface area contributed by atoms with Gasteiger partial charge in [0.15, 0.2) is 0 Å². The Morgan fingerprint density at radius 1 is 0.479 bits per heavy atom. The summed E-state index contributed by atoms with van der Waals surface area (Å²) in [5.41, 5.74) is 0.871. The minimum Gasteiger partial charge on any atom is -0.439 e. The third kappa shape index (κ3) is 5.52. The highest BCUT2D eigenvalue weighted by Gasteiger charge is 2.72. The molecule has 0 aliphatic heterocycles. The molecule has 0 aliphatic carbocycles. The fourth-order valence-electron chi connectivity index (χ4n) is 5.11. The van der Waals surface area contributed by atoms with Gasteiger partial charge in [-0.15, -0.1) is 0 Å². The van der Waals surface area contributed by atoms with Gasteiger partial charge in [0, 0.05) is 23.5 Å². The normalized spacial score (nSPS) is 14.5. The van der Waals surface area contributed by atoms with Crippen molar-refractivity contribution in [3.05, 3.63) is 146 Å². The molecule has 0 spiro atoms. The van der Waals surface area contributed by atoms with Gasteiger partial charge in [-0.1, -0.05) is 97.1 Å². The van der Waals surface area contributed by atoms with E-state index in [2.05, 4.69) is 10.2 Å². The maximum Gasteiger partial charge on any atom is 0.377 e. The van der Waals surface area contributed by atoms with E-state index in [1.54, 1.807) is 72.8 Å². The van der Waals surface area contributed by atoms with Crippen molar-refractivity contribution < 1.29 is 44.9 Å². The Hall–Kier alpha value is -5.67. The highest BCUT2D eigenvalue weighted by Crippen LogP contribution is 2.41. The number of ketones is 1. The van der Waals surface area contributed by atoms with Crippen LogP contribution in [-0.2, 0) is 16.6 Å². The summed E-state index contributed by atoms with van der Waals surface area (Å²) in [5.74, 6) is -18.5. The first-order valence-electron chi connectivity index (χ1n) is 14.6. The number of hydrogen-bond acceptors (Lipinski definition) is 11. The van der Waals surface area contributed by atoms with E-state index in [-0.39, 0.29) is 22.9 Å². The predicted octanol–water partition coefficient (Wildman–Crippen LogP) is 2.41. The quantitative estimate of drug-likeness (QED) is 0.107. The fraction of sp³-hybridized carbons (Fsp3) is 0.114. The second kappa shape index (κ2) is 12.5. The summed E-state index contributed by atoms with van der Waals surface area (Å²) in [4.78, 5) is 14.3. The Morgan fingerprint density at radius 2 is 0.792 bits per heavy atom. The van der Waals surface area contributed by atoms with Crippen LogP contribution in [0.4, 0.5) is 0 Å². The molecule has 244 valence electrons. The van der Waals surface area contributed by atoms with Crippen LogP contribution in [0.3, 0.4) is 0 Å². The number of ether oxygens (including phenoxy) is 2. The number of para-hydroxylation sites is 2. The average molecular weight is 651 g/mol. The monoisotopic (exact) mass is 650 g/mol. The van der Waals surface area contributed by atoms with Gasteiger partial charge in [0.25, 0.3) is 5.78 Å². The largest absolute Gasteiger partial charge is 0.439 e. The van der Waals surface area contributed by atoms with E-state index >= 15 is 0 Å². The van der Waals surface area contributed by atoms with E-state index < -0.39 is 29.2 Å². The van der Waals surface area contributed by atoms with Crippen molar-refractivity contribution in [2.45, 2.75) is 23.4 Å². The molecule has 48 heavy (non-hydrogen) atoms. The lowest BCUT2D eigenvalue weighted by Crippen LogP contribution is -2.74. The molecule has 2 aromatic heterocycles. The Labute approximate surface area is 273 Å². The fourth-order valence-corrected chi connectivity index (χ4v) is 5.11. The van der Waals surface area contributed by atoms with Crippen molar-refractivity contribution in [2.75, 3.05) is 0 Å². The summed E-state index contributed by atoms with van der Waals surface area (Å²) in [7, 11) is 0. The first kappa shape index (κ1) is 32.3. The Balaban J connectivity index is 1.52. The molecule has 0 saturated carbocycles. The van der Waals surface area contributed by atoms with Gasteiger partial charge in [0.2, 0.25) is 0 Å². The zero-order valence-electron chi connectivity index (χ0n) is 25.1. The van der Waals surface area contributed by atoms with Gasteiger partial charge in [-0.25, -0.2) is 0 Å². The van der Waals surface area contributed by atoms with E-state index in [1.807, 2.05) is 0 Å². The van der Waals surface area contributed by atoms with Crippen molar-refractivity contribution in [1.29, 1.82) is 0 Å². The lowest BCUT2D eigenvalue weighted by Gasteiger charge is -2.44. The van der Waals surface area contributed by atoms with Crippen LogP contribution in [0, 0.1) is 0 Å². The SMILES string of the molecule is O=C(C(O)(O)C(O)(Oc1ccccc1)n1nccc1-c1ccccc1)C(O)(O)C(O)(Oc1ccccc1)n1nccc1-c1ccccc1. The highest BCUT2D eigenvalue weighted by molar-refractivity contribution is 5.93. The number of aliphatic hydroxyl groups is 6. The molecule has 0 aliphatic rings. The molecule has 4 aromatic carbocycles. The van der Waals surface area contributed by atoms with E-state index in [9.17, 15) is 35.4 Å². The lowest BCUT2D eigenvalue weighted by atomic mass is 9.95. The van der Waals surface area contributed by atoms with Crippen molar-refractivity contribution in [3.8, 4) is 34.0 Å². The number of rotatable bonds is 12. The van der Waals surface area contributed by atoms with Gasteiger partial charge in [0.1, 0.15) is 11.5 Å². The molecule has 6 rings (SSSR count). The average Bonchev–Trinajstić information content (AvgIpc) is 3.81. The molecule has 0 saturated heterocycles. The van der Waals surface area contributed by atoms with Crippen molar-refractivity contribution in [1.82, 2.24) is 19.6 Å².